The molecule has 0 saturated carbocycles. The van der Waals surface area contributed by atoms with Crippen LogP contribution >= 0.6 is 0 Å². The van der Waals surface area contributed by atoms with Gasteiger partial charge in [-0.2, -0.15) is 0 Å². The second kappa shape index (κ2) is 4.04. The van der Waals surface area contributed by atoms with Gasteiger partial charge in [-0.15, -0.1) is 0 Å². The van der Waals surface area contributed by atoms with Crippen LogP contribution in [0.25, 0.3) is 0 Å². The van der Waals surface area contributed by atoms with E-state index in [2.05, 4.69) is 18.7 Å². The van der Waals surface area contributed by atoms with Crippen molar-refractivity contribution >= 4 is 5.78 Å². The molecule has 2 nitrogen and oxygen atoms in total. The van der Waals surface area contributed by atoms with Crippen molar-refractivity contribution in [3.8, 4) is 0 Å². The van der Waals surface area contributed by atoms with Gasteiger partial charge in [-0.3, -0.25) is 9.69 Å². The molecule has 2 unspecified atom stereocenters. The molecule has 1 rings (SSSR count). The van der Waals surface area contributed by atoms with Gasteiger partial charge < -0.3 is 0 Å². The summed E-state index contributed by atoms with van der Waals surface area (Å²) in [7, 11) is 0. The van der Waals surface area contributed by atoms with E-state index in [1.165, 1.54) is 12.8 Å². The van der Waals surface area contributed by atoms with Crippen molar-refractivity contribution in [2.45, 2.75) is 39.7 Å². The predicted molar refractivity (Wildman–Crippen MR) is 50.1 cm³/mol. The highest BCUT2D eigenvalue weighted by atomic mass is 16.1. The number of piperidine rings is 1. The number of carbonyl (C=O) groups excluding carboxylic acids is 1. The minimum absolute atomic E-state index is 0.288. The molecule has 2 atom stereocenters. The summed E-state index contributed by atoms with van der Waals surface area (Å²) in [5.41, 5.74) is 0. The fourth-order valence-corrected chi connectivity index (χ4v) is 1.98. The molecule has 1 heterocycles. The molecule has 0 aromatic heterocycles. The van der Waals surface area contributed by atoms with Gasteiger partial charge in [0.15, 0.2) is 0 Å². The number of hydrogen-bond donors (Lipinski definition) is 0. The van der Waals surface area contributed by atoms with Gasteiger partial charge in [0.25, 0.3) is 0 Å². The molecule has 2 heteroatoms. The molecule has 0 aromatic carbocycles. The highest BCUT2D eigenvalue weighted by Gasteiger charge is 2.22. The number of rotatable bonds is 2. The van der Waals surface area contributed by atoms with Crippen LogP contribution in [0.5, 0.6) is 0 Å². The zero-order valence-corrected chi connectivity index (χ0v) is 8.34. The Kier molecular flexibility index (Phi) is 3.27. The van der Waals surface area contributed by atoms with Crippen molar-refractivity contribution in [2.24, 2.45) is 5.92 Å². The number of carbonyl (C=O) groups is 1. The van der Waals surface area contributed by atoms with Gasteiger partial charge in [0.05, 0.1) is 6.54 Å². The Balaban J connectivity index is 2.39. The first kappa shape index (κ1) is 9.72. The van der Waals surface area contributed by atoms with E-state index in [4.69, 9.17) is 0 Å². The zero-order valence-electron chi connectivity index (χ0n) is 8.34. The molecule has 12 heavy (non-hydrogen) atoms. The van der Waals surface area contributed by atoms with Crippen LogP contribution in [-0.2, 0) is 4.79 Å². The van der Waals surface area contributed by atoms with Crippen LogP contribution in [0, 0.1) is 5.92 Å². The van der Waals surface area contributed by atoms with Crippen molar-refractivity contribution in [3.05, 3.63) is 0 Å². The zero-order chi connectivity index (χ0) is 9.14. The van der Waals surface area contributed by atoms with Crippen LogP contribution in [0.2, 0.25) is 0 Å². The van der Waals surface area contributed by atoms with Gasteiger partial charge >= 0.3 is 0 Å². The molecule has 0 N–H and O–H groups in total. The van der Waals surface area contributed by atoms with Gasteiger partial charge in [0, 0.05) is 6.04 Å². The Morgan fingerprint density at radius 3 is 2.67 bits per heavy atom. The molecule has 70 valence electrons. The van der Waals surface area contributed by atoms with Crippen molar-refractivity contribution in [3.63, 3.8) is 0 Å². The van der Waals surface area contributed by atoms with Crippen molar-refractivity contribution in [2.75, 3.05) is 13.1 Å². The third-order valence-electron chi connectivity index (χ3n) is 2.70. The fourth-order valence-electron chi connectivity index (χ4n) is 1.98. The smallest absolute Gasteiger partial charge is 0.143 e. The van der Waals surface area contributed by atoms with Crippen LogP contribution in [0.3, 0.4) is 0 Å². The summed E-state index contributed by atoms with van der Waals surface area (Å²) in [5.74, 6) is 1.12. The summed E-state index contributed by atoms with van der Waals surface area (Å²) < 4.78 is 0. The van der Waals surface area contributed by atoms with Gasteiger partial charge in [0.2, 0.25) is 0 Å². The molecule has 1 aliphatic heterocycles. The lowest BCUT2D eigenvalue weighted by Crippen LogP contribution is -2.42. The first-order chi connectivity index (χ1) is 5.59. The molecule has 1 fully saturated rings. The Morgan fingerprint density at radius 1 is 1.50 bits per heavy atom. The lowest BCUT2D eigenvalue weighted by atomic mass is 9.93. The molecule has 1 saturated heterocycles. The second-order valence-corrected chi connectivity index (χ2v) is 4.15. The molecule has 1 aliphatic rings. The highest BCUT2D eigenvalue weighted by molar-refractivity contribution is 5.77. The van der Waals surface area contributed by atoms with Crippen LogP contribution in [0.1, 0.15) is 33.6 Å². The van der Waals surface area contributed by atoms with Crippen LogP contribution in [-0.4, -0.2) is 29.8 Å². The van der Waals surface area contributed by atoms with Gasteiger partial charge in [0.1, 0.15) is 5.78 Å². The summed E-state index contributed by atoms with van der Waals surface area (Å²) in [6.07, 6.45) is 2.49. The van der Waals surface area contributed by atoms with E-state index >= 15 is 0 Å². The minimum atomic E-state index is 0.288. The molecule has 0 aliphatic carbocycles. The van der Waals surface area contributed by atoms with E-state index in [1.54, 1.807) is 6.92 Å². The summed E-state index contributed by atoms with van der Waals surface area (Å²) >= 11 is 0. The fraction of sp³-hybridized carbons (Fsp3) is 0.900. The Morgan fingerprint density at radius 2 is 2.17 bits per heavy atom. The quantitative estimate of drug-likeness (QED) is 0.627. The summed E-state index contributed by atoms with van der Waals surface area (Å²) in [6.45, 7) is 7.93. The maximum absolute atomic E-state index is 10.9. The third kappa shape index (κ3) is 2.59. The first-order valence-electron chi connectivity index (χ1n) is 4.83. The highest BCUT2D eigenvalue weighted by Crippen LogP contribution is 2.21. The van der Waals surface area contributed by atoms with Crippen molar-refractivity contribution < 1.29 is 4.79 Å². The van der Waals surface area contributed by atoms with Gasteiger partial charge in [-0.05, 0) is 39.2 Å². The summed E-state index contributed by atoms with van der Waals surface area (Å²) in [5, 5.41) is 0. The SMILES string of the molecule is CC(=O)CN1CCC(C)CC1C. The Bertz CT molecular complexity index is 167. The molecule has 0 spiro atoms. The van der Waals surface area contributed by atoms with Crippen LogP contribution < -0.4 is 0 Å². The van der Waals surface area contributed by atoms with Gasteiger partial charge in [-0.1, -0.05) is 6.92 Å². The number of hydrogen-bond acceptors (Lipinski definition) is 2. The maximum atomic E-state index is 10.9. The number of Topliss-reactive ketones (excluding diaryl/α,β-unsaturated/α-hetero) is 1. The van der Waals surface area contributed by atoms with Crippen LogP contribution in [0.15, 0.2) is 0 Å². The van der Waals surface area contributed by atoms with E-state index < -0.39 is 0 Å². The molecule has 0 radical (unpaired) electrons. The molecular weight excluding hydrogens is 150 g/mol. The molecule has 0 bridgehead atoms. The first-order valence-corrected chi connectivity index (χ1v) is 4.83. The normalized spacial score (nSPS) is 31.9. The summed E-state index contributed by atoms with van der Waals surface area (Å²) in [6, 6.07) is 0.595. The monoisotopic (exact) mass is 169 g/mol. The number of nitrogens with zero attached hydrogens (tertiary/aromatic N) is 1. The average Bonchev–Trinajstić information content (AvgIpc) is 1.94. The number of likely N-dealkylation sites (tertiary alicyclic amines) is 1. The predicted octanol–water partition coefficient (Wildman–Crippen LogP) is 1.70. The van der Waals surface area contributed by atoms with E-state index in [-0.39, 0.29) is 5.78 Å². The molecule has 0 amide bonds. The maximum Gasteiger partial charge on any atom is 0.143 e. The lowest BCUT2D eigenvalue weighted by Gasteiger charge is -2.35. The topological polar surface area (TPSA) is 20.3 Å². The van der Waals surface area contributed by atoms with Crippen molar-refractivity contribution in [1.82, 2.24) is 4.90 Å². The van der Waals surface area contributed by atoms with Crippen molar-refractivity contribution in [1.29, 1.82) is 0 Å². The summed E-state index contributed by atoms with van der Waals surface area (Å²) in [4.78, 5) is 13.2. The van der Waals surface area contributed by atoms with Crippen LogP contribution in [0.4, 0.5) is 0 Å². The Labute approximate surface area is 74.9 Å². The minimum Gasteiger partial charge on any atom is -0.299 e. The lowest BCUT2D eigenvalue weighted by molar-refractivity contribution is -0.119. The van der Waals surface area contributed by atoms with E-state index in [9.17, 15) is 4.79 Å². The van der Waals surface area contributed by atoms with Gasteiger partial charge in [-0.25, -0.2) is 0 Å². The Hall–Kier alpha value is -0.370. The largest absolute Gasteiger partial charge is 0.299 e. The standard InChI is InChI=1S/C10H19NO/c1-8-4-5-11(7-10(3)12)9(2)6-8/h8-9H,4-7H2,1-3H3. The average molecular weight is 169 g/mol. The van der Waals surface area contributed by atoms with E-state index in [0.717, 1.165) is 12.5 Å². The molecular formula is C10H19NO. The van der Waals surface area contributed by atoms with E-state index in [1.807, 2.05) is 0 Å². The number of ketones is 1. The third-order valence-corrected chi connectivity index (χ3v) is 2.70. The van der Waals surface area contributed by atoms with E-state index in [0.29, 0.717) is 12.6 Å². The second-order valence-electron chi connectivity index (χ2n) is 4.15. The molecule has 0 aromatic rings.